The number of ether oxygens (including phenoxy) is 1. The van der Waals surface area contributed by atoms with Crippen molar-refractivity contribution in [3.8, 4) is 5.88 Å². The largest absolute Gasteiger partial charge is 0.471 e. The van der Waals surface area contributed by atoms with Crippen LogP contribution in [-0.4, -0.2) is 16.2 Å². The van der Waals surface area contributed by atoms with Crippen molar-refractivity contribution in [1.82, 2.24) is 9.97 Å². The molecule has 118 valence electrons. The lowest BCUT2D eigenvalue weighted by atomic mass is 10.1. The van der Waals surface area contributed by atoms with Crippen molar-refractivity contribution >= 4 is 34.4 Å². The number of alkyl halides is 1. The zero-order chi connectivity index (χ0) is 15.9. The normalized spacial score (nSPS) is 11.0. The lowest BCUT2D eigenvalue weighted by Crippen LogP contribution is -2.08. The minimum Gasteiger partial charge on any atom is -0.471 e. The Kier molecular flexibility index (Phi) is 6.95. The fourth-order valence-electron chi connectivity index (χ4n) is 2.08. The molecule has 2 aromatic rings. The number of nitrogens with zero attached hydrogens (tertiary/aromatic N) is 2. The van der Waals surface area contributed by atoms with Gasteiger partial charge in [0, 0.05) is 4.43 Å². The molecule has 0 radical (unpaired) electrons. The molecule has 0 unspecified atom stereocenters. The van der Waals surface area contributed by atoms with Crippen molar-refractivity contribution in [1.29, 1.82) is 0 Å². The van der Waals surface area contributed by atoms with Crippen LogP contribution in [0.15, 0.2) is 35.4 Å². The molecule has 0 aliphatic carbocycles. The van der Waals surface area contributed by atoms with E-state index < -0.39 is 0 Å². The molecule has 0 saturated heterocycles. The summed E-state index contributed by atoms with van der Waals surface area (Å²) in [5.41, 5.74) is 3.11. The third-order valence-corrected chi connectivity index (χ3v) is 4.54. The quantitative estimate of drug-likeness (QED) is 0.357. The van der Waals surface area contributed by atoms with E-state index in [1.807, 2.05) is 24.5 Å². The van der Waals surface area contributed by atoms with Gasteiger partial charge in [0.15, 0.2) is 0 Å². The third kappa shape index (κ3) is 4.84. The third-order valence-electron chi connectivity index (χ3n) is 3.11. The van der Waals surface area contributed by atoms with Crippen molar-refractivity contribution in [2.24, 2.45) is 5.92 Å². The Morgan fingerprint density at radius 1 is 1.14 bits per heavy atom. The van der Waals surface area contributed by atoms with Crippen molar-refractivity contribution < 1.29 is 4.74 Å². The second-order valence-electron chi connectivity index (χ2n) is 5.44. The van der Waals surface area contributed by atoms with Crippen molar-refractivity contribution in [2.45, 2.75) is 36.3 Å². The van der Waals surface area contributed by atoms with Crippen molar-refractivity contribution in [3.05, 3.63) is 47.3 Å². The highest BCUT2D eigenvalue weighted by molar-refractivity contribution is 14.1. The van der Waals surface area contributed by atoms with Gasteiger partial charge in [-0.25, -0.2) is 9.97 Å². The van der Waals surface area contributed by atoms with Crippen LogP contribution in [0, 0.1) is 5.92 Å². The maximum Gasteiger partial charge on any atom is 0.236 e. The van der Waals surface area contributed by atoms with Gasteiger partial charge in [0.25, 0.3) is 0 Å². The van der Waals surface area contributed by atoms with Crippen LogP contribution in [-0.2, 0) is 17.5 Å². The summed E-state index contributed by atoms with van der Waals surface area (Å²) in [6.45, 7) is 4.90. The van der Waals surface area contributed by atoms with Gasteiger partial charge in [0.2, 0.25) is 5.88 Å². The molecule has 0 bridgehead atoms. The summed E-state index contributed by atoms with van der Waals surface area (Å²) in [5, 5.41) is 1.01. The average molecular weight is 428 g/mol. The summed E-state index contributed by atoms with van der Waals surface area (Å²) >= 11 is 3.98. The first-order valence-electron chi connectivity index (χ1n) is 7.30. The Balaban J connectivity index is 2.26. The van der Waals surface area contributed by atoms with Gasteiger partial charge >= 0.3 is 0 Å². The Bertz CT molecular complexity index is 605. The number of rotatable bonds is 7. The number of hydrogen-bond donors (Lipinski definition) is 0. The van der Waals surface area contributed by atoms with Gasteiger partial charge in [-0.2, -0.15) is 0 Å². The van der Waals surface area contributed by atoms with Crippen LogP contribution in [0.3, 0.4) is 0 Å². The van der Waals surface area contributed by atoms with Crippen LogP contribution in [0.4, 0.5) is 0 Å². The molecule has 1 aromatic heterocycles. The minimum atomic E-state index is 0.522. The second kappa shape index (κ2) is 8.72. The molecule has 0 saturated carbocycles. The van der Waals surface area contributed by atoms with Crippen LogP contribution in [0.5, 0.6) is 5.88 Å². The average Bonchev–Trinajstić information content (AvgIpc) is 2.53. The fraction of sp³-hybridized carbons (Fsp3) is 0.412. The summed E-state index contributed by atoms with van der Waals surface area (Å²) < 4.78 is 6.82. The molecule has 5 heteroatoms. The summed E-state index contributed by atoms with van der Waals surface area (Å²) in [4.78, 5) is 9.50. The fourth-order valence-corrected chi connectivity index (χ4v) is 3.43. The summed E-state index contributed by atoms with van der Waals surface area (Å²) in [6.07, 6.45) is 2.93. The first kappa shape index (κ1) is 17.5. The van der Waals surface area contributed by atoms with Gasteiger partial charge in [-0.05, 0) is 24.2 Å². The smallest absolute Gasteiger partial charge is 0.236 e. The van der Waals surface area contributed by atoms with E-state index in [1.54, 1.807) is 11.8 Å². The molecular formula is C17H21IN2OS. The molecule has 0 aliphatic heterocycles. The zero-order valence-corrected chi connectivity index (χ0v) is 16.1. The molecule has 0 aliphatic rings. The first-order chi connectivity index (χ1) is 10.6. The lowest BCUT2D eigenvalue weighted by Gasteiger charge is -2.14. The van der Waals surface area contributed by atoms with E-state index in [0.717, 1.165) is 32.8 Å². The number of benzene rings is 1. The molecule has 2 rings (SSSR count). The standard InChI is InChI=1S/C17H21IN2OS/c1-12(2)9-14-16(19-15(10-18)17(20-14)22-3)21-11-13-7-5-4-6-8-13/h4-8,12H,9-11H2,1-3H3. The molecule has 22 heavy (non-hydrogen) atoms. The summed E-state index contributed by atoms with van der Waals surface area (Å²) in [5.74, 6) is 1.20. The number of halogens is 1. The Morgan fingerprint density at radius 3 is 2.45 bits per heavy atom. The molecular weight excluding hydrogens is 407 g/mol. The zero-order valence-electron chi connectivity index (χ0n) is 13.2. The Morgan fingerprint density at radius 2 is 1.86 bits per heavy atom. The van der Waals surface area contributed by atoms with Crippen LogP contribution < -0.4 is 4.74 Å². The predicted molar refractivity (Wildman–Crippen MR) is 101 cm³/mol. The Labute approximate surface area is 150 Å². The molecule has 1 aromatic carbocycles. The minimum absolute atomic E-state index is 0.522. The Hall–Kier alpha value is -0.820. The SMILES string of the molecule is CSc1nc(CC(C)C)c(OCc2ccccc2)nc1CI. The molecule has 3 nitrogen and oxygen atoms in total. The number of aromatic nitrogens is 2. The van der Waals surface area contributed by atoms with E-state index in [4.69, 9.17) is 14.7 Å². The van der Waals surface area contributed by atoms with Gasteiger partial charge in [-0.15, -0.1) is 11.8 Å². The monoisotopic (exact) mass is 428 g/mol. The number of hydrogen-bond acceptors (Lipinski definition) is 4. The predicted octanol–water partition coefficient (Wildman–Crippen LogP) is 4.91. The van der Waals surface area contributed by atoms with Gasteiger partial charge < -0.3 is 4.74 Å². The molecule has 0 atom stereocenters. The highest BCUT2D eigenvalue weighted by Crippen LogP contribution is 2.26. The lowest BCUT2D eigenvalue weighted by molar-refractivity contribution is 0.285. The number of thioether (sulfide) groups is 1. The second-order valence-corrected chi connectivity index (χ2v) is 7.00. The molecule has 0 N–H and O–H groups in total. The van der Waals surface area contributed by atoms with E-state index >= 15 is 0 Å². The van der Waals surface area contributed by atoms with Gasteiger partial charge in [0.05, 0.1) is 5.69 Å². The highest BCUT2D eigenvalue weighted by atomic mass is 127. The molecule has 0 amide bonds. The molecule has 0 fully saturated rings. The van der Waals surface area contributed by atoms with Crippen LogP contribution >= 0.6 is 34.4 Å². The first-order valence-corrected chi connectivity index (χ1v) is 10.1. The maximum absolute atomic E-state index is 5.98. The van der Waals surface area contributed by atoms with E-state index in [1.165, 1.54) is 0 Å². The maximum atomic E-state index is 5.98. The van der Waals surface area contributed by atoms with E-state index in [-0.39, 0.29) is 0 Å². The topological polar surface area (TPSA) is 35.0 Å². The van der Waals surface area contributed by atoms with Crippen molar-refractivity contribution in [2.75, 3.05) is 6.26 Å². The van der Waals surface area contributed by atoms with Gasteiger partial charge in [0.1, 0.15) is 17.3 Å². The van der Waals surface area contributed by atoms with Crippen LogP contribution in [0.25, 0.3) is 0 Å². The molecule has 0 spiro atoms. The van der Waals surface area contributed by atoms with Crippen LogP contribution in [0.2, 0.25) is 0 Å². The van der Waals surface area contributed by atoms with E-state index in [9.17, 15) is 0 Å². The van der Waals surface area contributed by atoms with Gasteiger partial charge in [-0.3, -0.25) is 0 Å². The summed E-state index contributed by atoms with van der Waals surface area (Å²) in [7, 11) is 0. The summed E-state index contributed by atoms with van der Waals surface area (Å²) in [6, 6.07) is 10.2. The highest BCUT2D eigenvalue weighted by Gasteiger charge is 2.15. The van der Waals surface area contributed by atoms with E-state index in [2.05, 4.69) is 48.6 Å². The van der Waals surface area contributed by atoms with Crippen molar-refractivity contribution in [3.63, 3.8) is 0 Å². The van der Waals surface area contributed by atoms with E-state index in [0.29, 0.717) is 18.4 Å². The van der Waals surface area contributed by atoms with Crippen LogP contribution in [0.1, 0.15) is 30.8 Å². The molecule has 1 heterocycles. The van der Waals surface area contributed by atoms with Gasteiger partial charge in [-0.1, -0.05) is 66.8 Å².